The molecule has 1 aromatic rings. The van der Waals surface area contributed by atoms with E-state index in [1.807, 2.05) is 0 Å². The van der Waals surface area contributed by atoms with Crippen molar-refractivity contribution in [1.82, 2.24) is 0 Å². The molecule has 0 heterocycles. The molecule has 0 amide bonds. The van der Waals surface area contributed by atoms with Gasteiger partial charge in [0, 0.05) is 5.02 Å². The van der Waals surface area contributed by atoms with Gasteiger partial charge in [0.05, 0.1) is 0 Å². The van der Waals surface area contributed by atoms with E-state index in [9.17, 15) is 18.9 Å². The average Bonchev–Trinajstić information content (AvgIpc) is 2.19. The zero-order chi connectivity index (χ0) is 13.3. The molecule has 6 nitrogen and oxygen atoms in total. The maximum Gasteiger partial charge on any atom is 2.00 e. The summed E-state index contributed by atoms with van der Waals surface area (Å²) in [6.45, 7) is 0. The molecule has 0 radical (unpaired) electrons. The first-order valence-corrected chi connectivity index (χ1v) is 8.13. The van der Waals surface area contributed by atoms with E-state index in [4.69, 9.17) is 28.1 Å². The van der Waals surface area contributed by atoms with Crippen molar-refractivity contribution in [3.8, 4) is 5.75 Å². The molecular formula is C7H6Cl2FeO6P2. The van der Waals surface area contributed by atoms with Crippen molar-refractivity contribution in [2.75, 3.05) is 0 Å². The second-order valence-corrected chi connectivity index (χ2v) is 8.27. The number of rotatable bonds is 4. The Bertz CT molecular complexity index is 489. The van der Waals surface area contributed by atoms with Crippen LogP contribution in [0.1, 0.15) is 0 Å². The van der Waals surface area contributed by atoms with Crippen molar-refractivity contribution in [2.24, 2.45) is 0 Å². The van der Waals surface area contributed by atoms with Crippen LogP contribution in [0.5, 0.6) is 5.75 Å². The van der Waals surface area contributed by atoms with Crippen LogP contribution < -0.4 is 14.3 Å². The van der Waals surface area contributed by atoms with Gasteiger partial charge in [0.2, 0.25) is 7.60 Å². The van der Waals surface area contributed by atoms with E-state index in [1.54, 1.807) is 0 Å². The van der Waals surface area contributed by atoms with Gasteiger partial charge in [-0.1, -0.05) is 11.6 Å². The first kappa shape index (κ1) is 18.5. The summed E-state index contributed by atoms with van der Waals surface area (Å²) in [5, 5.41) is 0.345. The van der Waals surface area contributed by atoms with Crippen LogP contribution in [0.4, 0.5) is 0 Å². The molecule has 0 fully saturated rings. The Morgan fingerprint density at radius 2 is 1.67 bits per heavy atom. The molecule has 3 unspecified atom stereocenters. The van der Waals surface area contributed by atoms with Gasteiger partial charge < -0.3 is 23.8 Å². The Balaban J connectivity index is 0.00000289. The van der Waals surface area contributed by atoms with Gasteiger partial charge in [-0.3, -0.25) is 4.57 Å². The van der Waals surface area contributed by atoms with Gasteiger partial charge in [0.15, 0.2) is 12.5 Å². The first-order chi connectivity index (χ1) is 7.63. The monoisotopic (exact) mass is 374 g/mol. The maximum absolute atomic E-state index is 11.3. The van der Waals surface area contributed by atoms with E-state index < -0.39 is 20.1 Å². The number of halogens is 2. The van der Waals surface area contributed by atoms with Gasteiger partial charge in [-0.15, -0.1) is 11.6 Å². The molecule has 102 valence electrons. The third kappa shape index (κ3) is 5.22. The van der Waals surface area contributed by atoms with Crippen LogP contribution in [-0.2, 0) is 26.2 Å². The van der Waals surface area contributed by atoms with Crippen LogP contribution in [-0.4, -0.2) is 9.75 Å². The van der Waals surface area contributed by atoms with Crippen molar-refractivity contribution in [3.05, 3.63) is 29.3 Å². The van der Waals surface area contributed by atoms with Crippen LogP contribution in [0, 0.1) is 0 Å². The zero-order valence-corrected chi connectivity index (χ0v) is 12.8. The molecule has 3 atom stereocenters. The van der Waals surface area contributed by atoms with E-state index >= 15 is 0 Å². The number of alkyl halides is 1. The summed E-state index contributed by atoms with van der Waals surface area (Å²) >= 11 is 10.6. The van der Waals surface area contributed by atoms with Gasteiger partial charge in [0.1, 0.15) is 5.75 Å². The molecule has 11 heteroatoms. The quantitative estimate of drug-likeness (QED) is 0.483. The van der Waals surface area contributed by atoms with Crippen LogP contribution in [0.15, 0.2) is 24.3 Å². The van der Waals surface area contributed by atoms with E-state index in [2.05, 4.69) is 4.52 Å². The van der Waals surface area contributed by atoms with Crippen molar-refractivity contribution < 1.29 is 45.4 Å². The van der Waals surface area contributed by atoms with Gasteiger partial charge in [0.25, 0.3) is 0 Å². The molecule has 0 aromatic heterocycles. The Labute approximate surface area is 123 Å². The zero-order valence-electron chi connectivity index (χ0n) is 8.38. The fourth-order valence-electron chi connectivity index (χ4n) is 0.865. The Kier molecular flexibility index (Phi) is 6.93. The van der Waals surface area contributed by atoms with Gasteiger partial charge in [-0.25, -0.2) is 0 Å². The van der Waals surface area contributed by atoms with Crippen molar-refractivity contribution >= 4 is 38.4 Å². The third-order valence-corrected chi connectivity index (χ3v) is 6.54. The predicted molar refractivity (Wildman–Crippen MR) is 59.2 cm³/mol. The van der Waals surface area contributed by atoms with Gasteiger partial charge in [-0.05, 0) is 24.3 Å². The minimum Gasteiger partial charge on any atom is -0.777 e. The van der Waals surface area contributed by atoms with Gasteiger partial charge in [-0.2, -0.15) is 0 Å². The summed E-state index contributed by atoms with van der Waals surface area (Å²) in [6, 6.07) is 5.11. The van der Waals surface area contributed by atoms with E-state index in [1.165, 1.54) is 24.3 Å². The standard InChI is InChI=1S/C7H8Cl2O6P2.Fe/c8-5-1-3-6(4-2-5)15-17(13,14)7(9)16(10,11)12;/h1-4,7H,(H,13,14)(H2,10,11,12);/q;+2/p-2. The molecule has 1 rings (SSSR count). The molecule has 0 saturated carbocycles. The first-order valence-electron chi connectivity index (χ1n) is 4.06. The smallest absolute Gasteiger partial charge is 0.777 e. The summed E-state index contributed by atoms with van der Waals surface area (Å²) in [7, 11) is -10.2. The Morgan fingerprint density at radius 3 is 2.06 bits per heavy atom. The minimum atomic E-state index is -5.24. The van der Waals surface area contributed by atoms with E-state index in [-0.39, 0.29) is 22.8 Å². The van der Waals surface area contributed by atoms with Crippen molar-refractivity contribution in [2.45, 2.75) is 4.86 Å². The van der Waals surface area contributed by atoms with Crippen molar-refractivity contribution in [3.63, 3.8) is 0 Å². The number of hydrogen-bond donors (Lipinski definition) is 1. The number of hydrogen-bond acceptors (Lipinski definition) is 5. The molecule has 1 aromatic carbocycles. The molecule has 0 spiro atoms. The molecule has 18 heavy (non-hydrogen) atoms. The Morgan fingerprint density at radius 1 is 1.22 bits per heavy atom. The van der Waals surface area contributed by atoms with Crippen molar-refractivity contribution in [1.29, 1.82) is 0 Å². The molecule has 0 bridgehead atoms. The van der Waals surface area contributed by atoms with Crippen LogP contribution >= 0.6 is 38.4 Å². The third-order valence-electron chi connectivity index (χ3n) is 1.58. The SMILES string of the molecule is O=P([O-])(O)C(Cl)P(=O)([O-])Oc1ccc(Cl)cc1.[Fe+2]. The van der Waals surface area contributed by atoms with E-state index in [0.29, 0.717) is 5.02 Å². The largest absolute Gasteiger partial charge is 2.00 e. The van der Waals surface area contributed by atoms with E-state index in [0.717, 1.165) is 0 Å². The molecular weight excluding hydrogens is 369 g/mol. The second-order valence-electron chi connectivity index (χ2n) is 2.96. The molecule has 0 aliphatic rings. The molecule has 0 aliphatic carbocycles. The average molecular weight is 375 g/mol. The molecule has 0 saturated heterocycles. The van der Waals surface area contributed by atoms with Gasteiger partial charge >= 0.3 is 17.1 Å². The summed E-state index contributed by atoms with van der Waals surface area (Å²) in [6.07, 6.45) is 0. The number of benzene rings is 1. The second kappa shape index (κ2) is 6.76. The van der Waals surface area contributed by atoms with Crippen LogP contribution in [0.25, 0.3) is 0 Å². The summed E-state index contributed by atoms with van der Waals surface area (Å²) in [4.78, 5) is 27.9. The predicted octanol–water partition coefficient (Wildman–Crippen LogP) is 1.34. The fraction of sp³-hybridized carbons (Fsp3) is 0.143. The minimum absolute atomic E-state index is 0. The molecule has 0 aliphatic heterocycles. The Hall–Kier alpha value is 0.459. The molecule has 1 N–H and O–H groups in total. The van der Waals surface area contributed by atoms with Crippen LogP contribution in [0.3, 0.4) is 0 Å². The normalized spacial score (nSPS) is 18.9. The van der Waals surface area contributed by atoms with Crippen LogP contribution in [0.2, 0.25) is 5.02 Å². The summed E-state index contributed by atoms with van der Waals surface area (Å²) < 4.78 is 26.4. The topological polar surface area (TPSA) is 110 Å². The fourth-order valence-corrected chi connectivity index (χ4v) is 3.18. The summed E-state index contributed by atoms with van der Waals surface area (Å²) in [5.74, 6) is -0.160. The summed E-state index contributed by atoms with van der Waals surface area (Å²) in [5.41, 5.74) is 0. The maximum atomic E-state index is 11.3.